The molecule has 9 nitrogen and oxygen atoms in total. The van der Waals surface area contributed by atoms with Crippen LogP contribution in [0.15, 0.2) is 91.4 Å². The number of hydrogen-bond donors (Lipinski definition) is 2. The lowest BCUT2D eigenvalue weighted by molar-refractivity contribution is -0.142. The van der Waals surface area contributed by atoms with Crippen molar-refractivity contribution in [1.29, 1.82) is 0 Å². The fraction of sp³-hybridized carbons (Fsp3) is 0.540. The van der Waals surface area contributed by atoms with Gasteiger partial charge in [0.2, 0.25) is 17.7 Å². The Hall–Kier alpha value is -5.14. The second kappa shape index (κ2) is 23.2. The molecule has 14 heteroatoms. The Kier molecular flexibility index (Phi) is 19.3. The second-order valence-corrected chi connectivity index (χ2v) is 18.7. The zero-order valence-corrected chi connectivity index (χ0v) is 39.3. The van der Waals surface area contributed by atoms with E-state index in [1.54, 1.807) is 28.8 Å². The predicted molar refractivity (Wildman–Crippen MR) is 246 cm³/mol. The first kappa shape index (κ1) is 53.2. The molecule has 64 heavy (non-hydrogen) atoms. The maximum atomic E-state index is 14.6. The van der Waals surface area contributed by atoms with Crippen LogP contribution in [0, 0.1) is 17.0 Å². The molecule has 1 aliphatic carbocycles. The van der Waals surface area contributed by atoms with Gasteiger partial charge in [-0.05, 0) is 80.0 Å². The van der Waals surface area contributed by atoms with Crippen molar-refractivity contribution < 1.29 is 36.3 Å². The molecule has 1 aliphatic rings. The first-order valence-electron chi connectivity index (χ1n) is 22.1. The zero-order valence-electron chi connectivity index (χ0n) is 39.3. The molecule has 0 aromatic heterocycles. The van der Waals surface area contributed by atoms with Crippen LogP contribution >= 0.6 is 0 Å². The molecule has 0 spiro atoms. The number of alkyl halides is 3. The van der Waals surface area contributed by atoms with Gasteiger partial charge in [0, 0.05) is 58.2 Å². The van der Waals surface area contributed by atoms with Gasteiger partial charge in [-0.25, -0.2) is 8.78 Å². The monoisotopic (exact) mass is 899 g/mol. The quantitative estimate of drug-likeness (QED) is 0.0807. The van der Waals surface area contributed by atoms with E-state index in [2.05, 4.69) is 57.7 Å². The van der Waals surface area contributed by atoms with Crippen molar-refractivity contribution in [2.45, 2.75) is 122 Å². The number of rotatable bonds is 24. The van der Waals surface area contributed by atoms with Crippen LogP contribution in [0.2, 0.25) is 0 Å². The Morgan fingerprint density at radius 1 is 0.828 bits per heavy atom. The van der Waals surface area contributed by atoms with Gasteiger partial charge >= 0.3 is 6.18 Å². The molecule has 0 heterocycles. The Morgan fingerprint density at radius 2 is 1.42 bits per heavy atom. The molecular formula is C50H71F5N6O3. The molecule has 2 atom stereocenters. The summed E-state index contributed by atoms with van der Waals surface area (Å²) in [6.07, 6.45) is 0.0852. The molecule has 0 radical (unpaired) electrons. The summed E-state index contributed by atoms with van der Waals surface area (Å²) in [5.74, 6) is -4.28. The Labute approximate surface area is 378 Å². The number of halogens is 5. The summed E-state index contributed by atoms with van der Waals surface area (Å²) in [7, 11) is 7.35. The van der Waals surface area contributed by atoms with E-state index in [-0.39, 0.29) is 67.1 Å². The average Bonchev–Trinajstić information content (AvgIpc) is 3.67. The normalized spacial score (nSPS) is 14.5. The average molecular weight is 899 g/mol. The minimum atomic E-state index is -5.21. The molecule has 354 valence electrons. The maximum absolute atomic E-state index is 14.6. The van der Waals surface area contributed by atoms with Crippen molar-refractivity contribution in [1.82, 2.24) is 30.2 Å². The summed E-state index contributed by atoms with van der Waals surface area (Å²) in [4.78, 5) is 48.6. The van der Waals surface area contributed by atoms with E-state index < -0.39 is 35.0 Å². The van der Waals surface area contributed by atoms with Crippen molar-refractivity contribution >= 4 is 17.7 Å². The van der Waals surface area contributed by atoms with E-state index in [0.717, 1.165) is 36.1 Å². The standard InChI is InChI=1S/C50H71F5N6O3/c1-13-27-61(35(3)42(56-44(62)24-22-38-19-15-14-16-20-38)23-21-39-29-40(51)47(41(52)30-39)50(53,54)55)32-45(63)57-49(25-17-18-26-49)37(5)59(11)33-46(64)60(12)43(36(4)58(9)10)28-34(2)31-48(6,7)8/h14-16,19-20,29-30,42-43H,2-5,13,17-18,21-28,31-33H2,1,6-12H3,(H,56,62)(H,57,63). The number of aryl methyl sites for hydroxylation is 2. The summed E-state index contributed by atoms with van der Waals surface area (Å²) in [5.41, 5.74) is 0.905. The van der Waals surface area contributed by atoms with Gasteiger partial charge in [0.15, 0.2) is 0 Å². The summed E-state index contributed by atoms with van der Waals surface area (Å²) < 4.78 is 69.1. The Bertz CT molecular complexity index is 1950. The van der Waals surface area contributed by atoms with E-state index in [9.17, 15) is 36.3 Å². The highest BCUT2D eigenvalue weighted by Gasteiger charge is 2.41. The predicted octanol–water partition coefficient (Wildman–Crippen LogP) is 9.42. The molecule has 0 saturated heterocycles. The van der Waals surface area contributed by atoms with Crippen LogP contribution in [0.5, 0.6) is 0 Å². The number of carbonyl (C=O) groups excluding carboxylic acids is 3. The van der Waals surface area contributed by atoms with E-state index in [0.29, 0.717) is 62.2 Å². The van der Waals surface area contributed by atoms with Gasteiger partial charge in [-0.3, -0.25) is 14.4 Å². The van der Waals surface area contributed by atoms with Crippen LogP contribution < -0.4 is 10.6 Å². The highest BCUT2D eigenvalue weighted by molar-refractivity contribution is 5.81. The maximum Gasteiger partial charge on any atom is 0.422 e. The number of benzene rings is 2. The van der Waals surface area contributed by atoms with Gasteiger partial charge in [-0.2, -0.15) is 13.2 Å². The van der Waals surface area contributed by atoms with Crippen LogP contribution in [0.1, 0.15) is 102 Å². The third-order valence-corrected chi connectivity index (χ3v) is 11.9. The summed E-state index contributed by atoms with van der Waals surface area (Å²) >= 11 is 0. The fourth-order valence-electron chi connectivity index (χ4n) is 8.42. The molecule has 0 bridgehead atoms. The van der Waals surface area contributed by atoms with Gasteiger partial charge in [0.05, 0.1) is 30.7 Å². The Balaban J connectivity index is 1.81. The first-order chi connectivity index (χ1) is 29.8. The van der Waals surface area contributed by atoms with Crippen LogP contribution in [0.25, 0.3) is 0 Å². The number of amides is 3. The van der Waals surface area contributed by atoms with Gasteiger partial charge in [0.1, 0.15) is 17.2 Å². The molecule has 2 aromatic carbocycles. The lowest BCUT2D eigenvalue weighted by Gasteiger charge is -2.40. The summed E-state index contributed by atoms with van der Waals surface area (Å²) in [6, 6.07) is 9.54. The number of carbonyl (C=O) groups is 3. The van der Waals surface area contributed by atoms with Crippen LogP contribution in [0.4, 0.5) is 22.0 Å². The molecule has 3 rings (SSSR count). The molecular weight excluding hydrogens is 828 g/mol. The van der Waals surface area contributed by atoms with Gasteiger partial charge in [-0.15, -0.1) is 0 Å². The Morgan fingerprint density at radius 3 is 1.95 bits per heavy atom. The van der Waals surface area contributed by atoms with Crippen molar-refractivity contribution in [3.05, 3.63) is 120 Å². The van der Waals surface area contributed by atoms with Crippen molar-refractivity contribution in [2.24, 2.45) is 5.41 Å². The number of nitrogens with zero attached hydrogens (tertiary/aromatic N) is 4. The van der Waals surface area contributed by atoms with Crippen LogP contribution in [0.3, 0.4) is 0 Å². The lowest BCUT2D eigenvalue weighted by Crippen LogP contribution is -2.55. The topological polar surface area (TPSA) is 88.2 Å². The molecule has 1 fully saturated rings. The molecule has 3 amide bonds. The van der Waals surface area contributed by atoms with Crippen molar-refractivity contribution in [3.63, 3.8) is 0 Å². The first-order valence-corrected chi connectivity index (χ1v) is 22.1. The van der Waals surface area contributed by atoms with Crippen LogP contribution in [-0.2, 0) is 33.4 Å². The number of hydrogen-bond acceptors (Lipinski definition) is 6. The van der Waals surface area contributed by atoms with Gasteiger partial charge < -0.3 is 30.2 Å². The third-order valence-electron chi connectivity index (χ3n) is 11.9. The zero-order chi connectivity index (χ0) is 48.2. The SMILES string of the molecule is C=C(CC(C(=C)N(C)C)N(C)C(=O)CN(C)C(=C)C1(NC(=O)CN(CCC)C(=C)C(CCc2cc(F)c(C(F)(F)F)c(F)c2)NC(=O)CCc2ccccc2)CCCC1)CC(C)(C)C. The summed E-state index contributed by atoms with van der Waals surface area (Å²) in [6.45, 7) is 25.9. The molecule has 2 aromatic rings. The van der Waals surface area contributed by atoms with Gasteiger partial charge in [0.25, 0.3) is 0 Å². The number of nitrogens with one attached hydrogen (secondary N) is 2. The smallest absolute Gasteiger partial charge is 0.380 e. The molecule has 2 N–H and O–H groups in total. The lowest BCUT2D eigenvalue weighted by atomic mass is 9.86. The summed E-state index contributed by atoms with van der Waals surface area (Å²) in [5, 5.41) is 6.21. The highest BCUT2D eigenvalue weighted by atomic mass is 19.4. The third kappa shape index (κ3) is 15.5. The van der Waals surface area contributed by atoms with E-state index in [4.69, 9.17) is 0 Å². The molecule has 2 unspecified atom stereocenters. The minimum absolute atomic E-state index is 0.00700. The van der Waals surface area contributed by atoms with E-state index in [1.807, 2.05) is 56.3 Å². The van der Waals surface area contributed by atoms with Crippen LogP contribution in [-0.4, -0.2) is 103 Å². The largest absolute Gasteiger partial charge is 0.422 e. The minimum Gasteiger partial charge on any atom is -0.380 e. The fourth-order valence-corrected chi connectivity index (χ4v) is 8.42. The van der Waals surface area contributed by atoms with Crippen molar-refractivity contribution in [2.75, 3.05) is 47.8 Å². The van der Waals surface area contributed by atoms with E-state index in [1.165, 1.54) is 0 Å². The van der Waals surface area contributed by atoms with Crippen molar-refractivity contribution in [3.8, 4) is 0 Å². The van der Waals surface area contributed by atoms with E-state index >= 15 is 0 Å². The number of likely N-dealkylation sites (N-methyl/N-ethyl adjacent to an activating group) is 3. The highest BCUT2D eigenvalue weighted by Crippen LogP contribution is 2.37. The molecule has 0 aliphatic heterocycles. The second-order valence-electron chi connectivity index (χ2n) is 18.7. The molecule has 1 saturated carbocycles. The van der Waals surface area contributed by atoms with Gasteiger partial charge in [-0.1, -0.05) is 103 Å².